The highest BCUT2D eigenvalue weighted by Gasteiger charge is 2.37. The Balaban J connectivity index is 2.99. The van der Waals surface area contributed by atoms with Crippen LogP contribution in [-0.4, -0.2) is 19.7 Å². The third-order valence-corrected chi connectivity index (χ3v) is 3.27. The zero-order chi connectivity index (χ0) is 13.7. The van der Waals surface area contributed by atoms with Crippen molar-refractivity contribution in [3.63, 3.8) is 0 Å². The molecule has 0 amide bonds. The summed E-state index contributed by atoms with van der Waals surface area (Å²) in [5.41, 5.74) is 2.16. The molecule has 1 fully saturated rings. The number of hydrogen-bond acceptors (Lipinski definition) is 3. The number of rotatable bonds is 4. The normalized spacial score (nSPS) is 27.6. The van der Waals surface area contributed by atoms with Crippen molar-refractivity contribution in [2.24, 2.45) is 11.8 Å². The third-order valence-electron chi connectivity index (χ3n) is 3.27. The molecular weight excluding hydrogens is 228 g/mol. The molecule has 100 valence electrons. The average molecular weight is 250 g/mol. The predicted octanol–water partition coefficient (Wildman–Crippen LogP) is 3.24. The van der Waals surface area contributed by atoms with Crippen molar-refractivity contribution in [3.8, 4) is 0 Å². The molecule has 0 aromatic heterocycles. The van der Waals surface area contributed by atoms with E-state index in [-0.39, 0.29) is 17.8 Å². The van der Waals surface area contributed by atoms with E-state index in [0.29, 0.717) is 12.4 Å². The molecule has 0 aromatic rings. The van der Waals surface area contributed by atoms with Gasteiger partial charge in [0.15, 0.2) is 0 Å². The predicted molar refractivity (Wildman–Crippen MR) is 71.9 cm³/mol. The molecule has 0 N–H and O–H groups in total. The van der Waals surface area contributed by atoms with Crippen LogP contribution in [0.1, 0.15) is 27.2 Å². The fraction of sp³-hybridized carbons (Fsp3) is 0.533. The third kappa shape index (κ3) is 3.03. The first-order valence-corrected chi connectivity index (χ1v) is 6.31. The number of carbonyl (C=O) groups excluding carboxylic acids is 1. The van der Waals surface area contributed by atoms with Gasteiger partial charge < -0.3 is 9.47 Å². The number of hydrogen-bond donors (Lipinski definition) is 0. The topological polar surface area (TPSA) is 35.5 Å². The van der Waals surface area contributed by atoms with Crippen LogP contribution in [0.4, 0.5) is 0 Å². The van der Waals surface area contributed by atoms with Crippen molar-refractivity contribution >= 4 is 5.97 Å². The van der Waals surface area contributed by atoms with Gasteiger partial charge in [0.1, 0.15) is 5.76 Å². The van der Waals surface area contributed by atoms with Crippen molar-refractivity contribution in [2.75, 3.05) is 13.7 Å². The molecule has 3 heteroatoms. The second-order valence-corrected chi connectivity index (χ2v) is 4.50. The maximum absolute atomic E-state index is 12.0. The molecule has 1 aliphatic carbocycles. The largest absolute Gasteiger partial charge is 0.497 e. The number of methoxy groups -OCH3 is 1. The van der Waals surface area contributed by atoms with E-state index in [2.05, 4.69) is 13.5 Å². The first-order chi connectivity index (χ1) is 8.54. The van der Waals surface area contributed by atoms with Gasteiger partial charge in [-0.3, -0.25) is 4.79 Å². The van der Waals surface area contributed by atoms with Gasteiger partial charge in [0, 0.05) is 0 Å². The highest BCUT2D eigenvalue weighted by atomic mass is 16.5. The van der Waals surface area contributed by atoms with Crippen LogP contribution in [0.3, 0.4) is 0 Å². The van der Waals surface area contributed by atoms with E-state index in [4.69, 9.17) is 9.47 Å². The van der Waals surface area contributed by atoms with Crippen molar-refractivity contribution < 1.29 is 14.3 Å². The first kappa shape index (κ1) is 14.6. The minimum Gasteiger partial charge on any atom is -0.497 e. The quantitative estimate of drug-likeness (QED) is 0.567. The Morgan fingerprint density at radius 2 is 2.22 bits per heavy atom. The Hall–Kier alpha value is -1.51. The van der Waals surface area contributed by atoms with Crippen molar-refractivity contribution in [1.82, 2.24) is 0 Å². The molecule has 0 spiro atoms. The van der Waals surface area contributed by atoms with Gasteiger partial charge in [-0.25, -0.2) is 0 Å². The second kappa shape index (κ2) is 6.43. The van der Waals surface area contributed by atoms with Crippen molar-refractivity contribution in [1.29, 1.82) is 0 Å². The summed E-state index contributed by atoms with van der Waals surface area (Å²) in [6, 6.07) is 0. The van der Waals surface area contributed by atoms with E-state index < -0.39 is 0 Å². The standard InChI is InChI=1S/C15H22O3/c1-6-13-12(9-11(4)17-5)8-10(3)14(13)15(16)18-7-2/h6,9-10,14H,4,7-8H2,1-3,5H3/b12-9-,13-6+. The molecule has 1 aliphatic rings. The molecule has 0 aromatic carbocycles. The van der Waals surface area contributed by atoms with Crippen molar-refractivity contribution in [2.45, 2.75) is 27.2 Å². The summed E-state index contributed by atoms with van der Waals surface area (Å²) < 4.78 is 10.2. The Kier molecular flexibility index (Phi) is 5.20. The van der Waals surface area contributed by atoms with Crippen LogP contribution in [0.15, 0.2) is 35.6 Å². The summed E-state index contributed by atoms with van der Waals surface area (Å²) in [6.45, 7) is 10.1. The van der Waals surface area contributed by atoms with E-state index in [0.717, 1.165) is 17.6 Å². The molecule has 0 radical (unpaired) electrons. The summed E-state index contributed by atoms with van der Waals surface area (Å²) >= 11 is 0. The van der Waals surface area contributed by atoms with Crippen LogP contribution in [-0.2, 0) is 14.3 Å². The minimum atomic E-state index is -0.161. The van der Waals surface area contributed by atoms with Crippen LogP contribution >= 0.6 is 0 Å². The lowest BCUT2D eigenvalue weighted by Crippen LogP contribution is -2.21. The number of esters is 1. The zero-order valence-corrected chi connectivity index (χ0v) is 11.7. The molecule has 18 heavy (non-hydrogen) atoms. The van der Waals surface area contributed by atoms with Gasteiger partial charge in [-0.05, 0) is 43.4 Å². The molecule has 1 rings (SSSR count). The van der Waals surface area contributed by atoms with Crippen LogP contribution < -0.4 is 0 Å². The van der Waals surface area contributed by atoms with Gasteiger partial charge >= 0.3 is 5.97 Å². The lowest BCUT2D eigenvalue weighted by Gasteiger charge is -2.14. The highest BCUT2D eigenvalue weighted by molar-refractivity contribution is 5.79. The monoisotopic (exact) mass is 250 g/mol. The second-order valence-electron chi connectivity index (χ2n) is 4.50. The molecule has 1 saturated carbocycles. The van der Waals surface area contributed by atoms with Crippen LogP contribution in [0.5, 0.6) is 0 Å². The molecule has 0 saturated heterocycles. The first-order valence-electron chi connectivity index (χ1n) is 6.31. The minimum absolute atomic E-state index is 0.135. The Bertz CT molecular complexity index is 391. The summed E-state index contributed by atoms with van der Waals surface area (Å²) in [4.78, 5) is 12.0. The Morgan fingerprint density at radius 1 is 1.56 bits per heavy atom. The zero-order valence-electron chi connectivity index (χ0n) is 11.7. The number of allylic oxidation sites excluding steroid dienone is 3. The highest BCUT2D eigenvalue weighted by Crippen LogP contribution is 2.41. The van der Waals surface area contributed by atoms with E-state index in [1.54, 1.807) is 7.11 Å². The molecule has 3 nitrogen and oxygen atoms in total. The lowest BCUT2D eigenvalue weighted by atomic mass is 9.94. The molecule has 0 heterocycles. The van der Waals surface area contributed by atoms with E-state index in [1.165, 1.54) is 0 Å². The fourth-order valence-corrected chi connectivity index (χ4v) is 2.44. The van der Waals surface area contributed by atoms with Crippen molar-refractivity contribution in [3.05, 3.63) is 35.6 Å². The van der Waals surface area contributed by atoms with Gasteiger partial charge in [0.05, 0.1) is 19.6 Å². The number of carbonyl (C=O) groups is 1. The van der Waals surface area contributed by atoms with Crippen LogP contribution in [0.2, 0.25) is 0 Å². The molecular formula is C15H22O3. The van der Waals surface area contributed by atoms with Gasteiger partial charge in [-0.15, -0.1) is 0 Å². The average Bonchev–Trinajstić information content (AvgIpc) is 2.65. The maximum Gasteiger partial charge on any atom is 0.313 e. The van der Waals surface area contributed by atoms with E-state index in [1.807, 2.05) is 26.0 Å². The van der Waals surface area contributed by atoms with Crippen LogP contribution in [0.25, 0.3) is 0 Å². The Morgan fingerprint density at radius 3 is 2.72 bits per heavy atom. The SMILES string of the molecule is C=C(/C=C1/CC(C)C(C(=O)OCC)/C1=C/C)OC. The molecule has 0 aliphatic heterocycles. The summed E-state index contributed by atoms with van der Waals surface area (Å²) in [5, 5.41) is 0. The summed E-state index contributed by atoms with van der Waals surface area (Å²) in [6.07, 6.45) is 4.75. The number of ether oxygens (including phenoxy) is 2. The summed E-state index contributed by atoms with van der Waals surface area (Å²) in [7, 11) is 1.59. The maximum atomic E-state index is 12.0. The van der Waals surface area contributed by atoms with Gasteiger partial charge in [0.25, 0.3) is 0 Å². The van der Waals surface area contributed by atoms with E-state index in [9.17, 15) is 4.79 Å². The van der Waals surface area contributed by atoms with E-state index >= 15 is 0 Å². The van der Waals surface area contributed by atoms with Crippen LogP contribution in [0, 0.1) is 11.8 Å². The molecule has 2 atom stereocenters. The smallest absolute Gasteiger partial charge is 0.313 e. The summed E-state index contributed by atoms with van der Waals surface area (Å²) in [5.74, 6) is 0.572. The molecule has 0 bridgehead atoms. The van der Waals surface area contributed by atoms with Gasteiger partial charge in [-0.2, -0.15) is 0 Å². The van der Waals surface area contributed by atoms with Gasteiger partial charge in [0.2, 0.25) is 0 Å². The lowest BCUT2D eigenvalue weighted by molar-refractivity contribution is -0.147. The Labute approximate surface area is 109 Å². The van der Waals surface area contributed by atoms with Gasteiger partial charge in [-0.1, -0.05) is 19.6 Å². The molecule has 2 unspecified atom stereocenters. The fourth-order valence-electron chi connectivity index (χ4n) is 2.44.